The zero-order chi connectivity index (χ0) is 25.1. The summed E-state index contributed by atoms with van der Waals surface area (Å²) in [5.74, 6) is 0.501. The molecule has 4 rings (SSSR count). The van der Waals surface area contributed by atoms with Gasteiger partial charge in [-0.25, -0.2) is 0 Å². The van der Waals surface area contributed by atoms with E-state index in [0.29, 0.717) is 23.7 Å². The zero-order valence-electron chi connectivity index (χ0n) is 20.7. The van der Waals surface area contributed by atoms with Crippen molar-refractivity contribution in [3.63, 3.8) is 0 Å². The monoisotopic (exact) mass is 473 g/mol. The molecule has 1 aliphatic carbocycles. The smallest absolute Gasteiger partial charge is 0.249 e. The fourth-order valence-corrected chi connectivity index (χ4v) is 5.64. The summed E-state index contributed by atoms with van der Waals surface area (Å²) in [6, 6.07) is 7.18. The number of hydrogen-bond donors (Lipinski definition) is 4. The van der Waals surface area contributed by atoms with Crippen LogP contribution in [-0.2, 0) is 11.3 Å². The Morgan fingerprint density at radius 2 is 2.00 bits per heavy atom. The van der Waals surface area contributed by atoms with E-state index in [0.717, 1.165) is 28.1 Å². The van der Waals surface area contributed by atoms with Crippen LogP contribution < -0.4 is 22.1 Å². The lowest BCUT2D eigenvalue weighted by atomic mass is 9.99. The first-order valence-electron chi connectivity index (χ1n) is 12.1. The number of benzene rings is 1. The molecule has 2 heterocycles. The van der Waals surface area contributed by atoms with E-state index in [1.165, 1.54) is 31.9 Å². The molecule has 0 bridgehead atoms. The van der Waals surface area contributed by atoms with Crippen molar-refractivity contribution in [2.45, 2.75) is 51.4 Å². The molecule has 6 N–H and O–H groups in total. The van der Waals surface area contributed by atoms with E-state index in [1.807, 2.05) is 12.3 Å². The van der Waals surface area contributed by atoms with Crippen LogP contribution in [0.1, 0.15) is 49.3 Å². The lowest BCUT2D eigenvalue weighted by Crippen LogP contribution is -2.49. The van der Waals surface area contributed by atoms with Crippen molar-refractivity contribution < 1.29 is 4.79 Å². The fourth-order valence-electron chi connectivity index (χ4n) is 5.64. The number of allylic oxidation sites excluding steroid dienone is 4. The first-order chi connectivity index (χ1) is 16.8. The maximum absolute atomic E-state index is 13.4. The number of nitriles is 1. The number of nitrogens with two attached hydrogens (primary N) is 2. The normalized spacial score (nSPS) is 22.8. The van der Waals surface area contributed by atoms with Crippen LogP contribution in [0.25, 0.3) is 5.57 Å². The van der Waals surface area contributed by atoms with Gasteiger partial charge in [0.25, 0.3) is 0 Å². The van der Waals surface area contributed by atoms with Crippen molar-refractivity contribution in [2.75, 3.05) is 14.1 Å². The average Bonchev–Trinajstić information content (AvgIpc) is 3.47. The van der Waals surface area contributed by atoms with Crippen molar-refractivity contribution >= 4 is 11.5 Å². The number of nitrogens with zero attached hydrogens (tertiary/aromatic N) is 3. The van der Waals surface area contributed by atoms with Gasteiger partial charge in [0.05, 0.1) is 23.0 Å². The van der Waals surface area contributed by atoms with E-state index < -0.39 is 6.04 Å². The topological polar surface area (TPSA) is 123 Å². The predicted octanol–water partition coefficient (Wildman–Crippen LogP) is 2.43. The van der Waals surface area contributed by atoms with Gasteiger partial charge in [-0.3, -0.25) is 4.79 Å². The molecule has 0 radical (unpaired) electrons. The Bertz CT molecular complexity index is 1150. The summed E-state index contributed by atoms with van der Waals surface area (Å²) < 4.78 is 0. The minimum Gasteiger partial charge on any atom is -0.404 e. The Labute approximate surface area is 207 Å². The van der Waals surface area contributed by atoms with Gasteiger partial charge in [0, 0.05) is 32.5 Å². The van der Waals surface area contributed by atoms with Crippen LogP contribution >= 0.6 is 0 Å². The van der Waals surface area contributed by atoms with E-state index in [2.05, 4.69) is 46.7 Å². The summed E-state index contributed by atoms with van der Waals surface area (Å²) >= 11 is 0. The van der Waals surface area contributed by atoms with Crippen LogP contribution in [0.15, 0.2) is 59.8 Å². The Morgan fingerprint density at radius 3 is 2.66 bits per heavy atom. The molecule has 0 saturated heterocycles. The Hall–Kier alpha value is -3.86. The number of carbonyl (C=O) groups is 1. The number of nitrogens with one attached hydrogen (secondary N) is 2. The van der Waals surface area contributed by atoms with Crippen LogP contribution in [0.4, 0.5) is 0 Å². The van der Waals surface area contributed by atoms with Gasteiger partial charge >= 0.3 is 0 Å². The van der Waals surface area contributed by atoms with E-state index in [4.69, 9.17) is 11.5 Å². The summed E-state index contributed by atoms with van der Waals surface area (Å²) in [5.41, 5.74) is 17.2. The molecule has 2 atom stereocenters. The van der Waals surface area contributed by atoms with Gasteiger partial charge < -0.3 is 31.9 Å². The fraction of sp³-hybridized carbons (Fsp3) is 0.407. The van der Waals surface area contributed by atoms with Gasteiger partial charge in [0.15, 0.2) is 0 Å². The molecular formula is C27H35N7O. The van der Waals surface area contributed by atoms with E-state index in [1.54, 1.807) is 25.1 Å². The Morgan fingerprint density at radius 1 is 1.26 bits per heavy atom. The van der Waals surface area contributed by atoms with Crippen LogP contribution in [0.2, 0.25) is 0 Å². The maximum Gasteiger partial charge on any atom is 0.249 e. The Kier molecular flexibility index (Phi) is 7.06. The van der Waals surface area contributed by atoms with Gasteiger partial charge in [-0.05, 0) is 78.9 Å². The SMILES string of the molecule is C/C(N)=C/C(=C\N)c1cc(C#N)cc(CNC(=O)C2NC=CC3=C2N(C)C(C2CCCC2)N3C)c1. The minimum absolute atomic E-state index is 0.106. The zero-order valence-corrected chi connectivity index (χ0v) is 20.7. The third kappa shape index (κ3) is 4.85. The molecular weight excluding hydrogens is 438 g/mol. The minimum atomic E-state index is -0.477. The molecule has 3 aliphatic rings. The highest BCUT2D eigenvalue weighted by molar-refractivity contribution is 5.86. The van der Waals surface area contributed by atoms with Gasteiger partial charge in [0.2, 0.25) is 5.91 Å². The van der Waals surface area contributed by atoms with Crippen LogP contribution in [0.5, 0.6) is 0 Å². The number of hydrogen-bond acceptors (Lipinski definition) is 7. The predicted molar refractivity (Wildman–Crippen MR) is 137 cm³/mol. The number of amides is 1. The molecule has 1 amide bonds. The summed E-state index contributed by atoms with van der Waals surface area (Å²) in [7, 11) is 4.22. The van der Waals surface area contributed by atoms with Crippen LogP contribution in [-0.4, -0.2) is 42.0 Å². The lowest BCUT2D eigenvalue weighted by Gasteiger charge is -2.35. The molecule has 1 aromatic rings. The summed E-state index contributed by atoms with van der Waals surface area (Å²) in [4.78, 5) is 18.0. The summed E-state index contributed by atoms with van der Waals surface area (Å²) in [5, 5.41) is 15.8. The second kappa shape index (κ2) is 10.2. The van der Waals surface area contributed by atoms with Crippen molar-refractivity contribution in [1.82, 2.24) is 20.4 Å². The van der Waals surface area contributed by atoms with Gasteiger partial charge in [0.1, 0.15) is 12.2 Å². The highest BCUT2D eigenvalue weighted by Crippen LogP contribution is 2.40. The second-order valence-corrected chi connectivity index (χ2v) is 9.64. The standard InChI is InChI=1S/C27H35N7O/c1-17(30)10-22(15-29)21-12-18(14-28)11-19(13-21)16-32-26(35)24-25-23(8-9-31-24)33(2)27(34(25)3)20-6-4-5-7-20/h8-13,15,20,24,27,31H,4-7,16,29-30H2,1-3H3,(H,32,35)/b17-10-,22-15+. The lowest BCUT2D eigenvalue weighted by molar-refractivity contribution is -0.122. The molecule has 2 aliphatic heterocycles. The van der Waals surface area contributed by atoms with Gasteiger partial charge in [-0.1, -0.05) is 12.8 Å². The largest absolute Gasteiger partial charge is 0.404 e. The van der Waals surface area contributed by atoms with Crippen molar-refractivity contribution in [2.24, 2.45) is 17.4 Å². The molecule has 184 valence electrons. The van der Waals surface area contributed by atoms with E-state index >= 15 is 0 Å². The Balaban J connectivity index is 1.51. The number of carbonyl (C=O) groups excluding carboxylic acids is 1. The molecule has 35 heavy (non-hydrogen) atoms. The highest BCUT2D eigenvalue weighted by atomic mass is 16.2. The molecule has 0 aromatic heterocycles. The number of rotatable bonds is 6. The first kappa shape index (κ1) is 24.3. The van der Waals surface area contributed by atoms with Crippen molar-refractivity contribution in [3.8, 4) is 6.07 Å². The summed E-state index contributed by atoms with van der Waals surface area (Å²) in [6.45, 7) is 2.07. The van der Waals surface area contributed by atoms with Gasteiger partial charge in [-0.2, -0.15) is 5.26 Å². The van der Waals surface area contributed by atoms with E-state index in [-0.39, 0.29) is 12.1 Å². The molecule has 1 fully saturated rings. The average molecular weight is 474 g/mol. The molecule has 1 aromatic carbocycles. The highest BCUT2D eigenvalue weighted by Gasteiger charge is 2.43. The van der Waals surface area contributed by atoms with Crippen molar-refractivity contribution in [3.05, 3.63) is 76.5 Å². The quantitative estimate of drug-likeness (QED) is 0.468. The van der Waals surface area contributed by atoms with Crippen molar-refractivity contribution in [1.29, 1.82) is 5.26 Å². The third-order valence-corrected chi connectivity index (χ3v) is 7.16. The molecule has 8 nitrogen and oxygen atoms in total. The van der Waals surface area contributed by atoms with Crippen LogP contribution in [0.3, 0.4) is 0 Å². The first-order valence-corrected chi connectivity index (χ1v) is 12.1. The molecule has 1 saturated carbocycles. The number of dihydropyridines is 1. The van der Waals surface area contributed by atoms with Crippen LogP contribution in [0, 0.1) is 17.2 Å². The molecule has 8 heteroatoms. The number of likely N-dealkylation sites (N-methyl/N-ethyl adjacent to an activating group) is 2. The maximum atomic E-state index is 13.4. The molecule has 0 spiro atoms. The summed E-state index contributed by atoms with van der Waals surface area (Å²) in [6.07, 6.45) is 12.4. The third-order valence-electron chi connectivity index (χ3n) is 7.16. The molecule has 2 unspecified atom stereocenters. The van der Waals surface area contributed by atoms with E-state index in [9.17, 15) is 10.1 Å². The second-order valence-electron chi connectivity index (χ2n) is 9.64. The van der Waals surface area contributed by atoms with Gasteiger partial charge in [-0.15, -0.1) is 0 Å².